The molecule has 7 heteroatoms. The lowest BCUT2D eigenvalue weighted by atomic mass is 10.1. The third-order valence-corrected chi connectivity index (χ3v) is 5.42. The van der Waals surface area contributed by atoms with Crippen molar-refractivity contribution in [3.8, 4) is 11.3 Å². The first-order chi connectivity index (χ1) is 13.8. The van der Waals surface area contributed by atoms with Gasteiger partial charge in [-0.25, -0.2) is 9.97 Å². The van der Waals surface area contributed by atoms with Gasteiger partial charge in [0.2, 0.25) is 5.95 Å². The number of aryl methyl sites for hydroxylation is 2. The summed E-state index contributed by atoms with van der Waals surface area (Å²) in [4.78, 5) is 23.8. The molecule has 0 bridgehead atoms. The molecule has 142 valence electrons. The van der Waals surface area contributed by atoms with Crippen LogP contribution < -0.4 is 10.2 Å². The fourth-order valence-corrected chi connectivity index (χ4v) is 3.96. The molecule has 28 heavy (non-hydrogen) atoms. The Morgan fingerprint density at radius 3 is 2.89 bits per heavy atom. The van der Waals surface area contributed by atoms with E-state index >= 15 is 0 Å². The van der Waals surface area contributed by atoms with E-state index in [9.17, 15) is 4.79 Å². The van der Waals surface area contributed by atoms with Gasteiger partial charge in [-0.3, -0.25) is 9.48 Å². The third-order valence-electron chi connectivity index (χ3n) is 5.42. The van der Waals surface area contributed by atoms with Crippen molar-refractivity contribution in [3.63, 3.8) is 0 Å². The molecule has 3 aromatic rings. The van der Waals surface area contributed by atoms with Gasteiger partial charge in [-0.15, -0.1) is 0 Å². The lowest BCUT2D eigenvalue weighted by molar-refractivity contribution is 0.0934. The molecule has 1 atom stereocenters. The van der Waals surface area contributed by atoms with E-state index in [0.29, 0.717) is 18.2 Å². The van der Waals surface area contributed by atoms with Gasteiger partial charge in [0.05, 0.1) is 5.69 Å². The number of anilines is 1. The Morgan fingerprint density at radius 2 is 2.04 bits per heavy atom. The maximum absolute atomic E-state index is 12.6. The van der Waals surface area contributed by atoms with Crippen molar-refractivity contribution >= 4 is 11.9 Å². The largest absolute Gasteiger partial charge is 0.346 e. The van der Waals surface area contributed by atoms with Crippen molar-refractivity contribution in [1.82, 2.24) is 25.1 Å². The molecular formula is C21H22N6O. The molecule has 0 aliphatic carbocycles. The van der Waals surface area contributed by atoms with Crippen LogP contribution in [0.1, 0.15) is 29.0 Å². The van der Waals surface area contributed by atoms with Crippen molar-refractivity contribution in [2.24, 2.45) is 0 Å². The van der Waals surface area contributed by atoms with Crippen LogP contribution in [0.4, 0.5) is 5.95 Å². The lowest BCUT2D eigenvalue weighted by Crippen LogP contribution is -2.37. The Labute approximate surface area is 163 Å². The molecule has 1 saturated heterocycles. The summed E-state index contributed by atoms with van der Waals surface area (Å²) in [5.41, 5.74) is 3.66. The second-order valence-electron chi connectivity index (χ2n) is 7.36. The van der Waals surface area contributed by atoms with E-state index in [2.05, 4.69) is 20.3 Å². The Morgan fingerprint density at radius 1 is 1.14 bits per heavy atom. The highest BCUT2D eigenvalue weighted by atomic mass is 16.2. The summed E-state index contributed by atoms with van der Waals surface area (Å²) < 4.78 is 1.94. The molecule has 1 fully saturated rings. The van der Waals surface area contributed by atoms with Crippen LogP contribution in [-0.4, -0.2) is 44.8 Å². The number of aromatic nitrogens is 4. The highest BCUT2D eigenvalue weighted by molar-refractivity contribution is 5.92. The maximum Gasteiger partial charge on any atom is 0.272 e. The Hall–Kier alpha value is -3.22. The Balaban J connectivity index is 1.25. The highest BCUT2D eigenvalue weighted by Gasteiger charge is 2.27. The fraction of sp³-hybridized carbons (Fsp3) is 0.333. The molecule has 1 aromatic carbocycles. The van der Waals surface area contributed by atoms with E-state index in [1.54, 1.807) is 6.20 Å². The number of benzene rings is 1. The number of nitrogens with zero attached hydrogens (tertiary/aromatic N) is 5. The van der Waals surface area contributed by atoms with Gasteiger partial charge in [-0.05, 0) is 31.4 Å². The number of amides is 1. The molecule has 4 heterocycles. The molecular weight excluding hydrogens is 352 g/mol. The van der Waals surface area contributed by atoms with Crippen LogP contribution in [0, 0.1) is 0 Å². The Kier molecular flexibility index (Phi) is 4.27. The van der Waals surface area contributed by atoms with Gasteiger partial charge in [0, 0.05) is 43.1 Å². The average molecular weight is 374 g/mol. The van der Waals surface area contributed by atoms with E-state index in [0.717, 1.165) is 49.3 Å². The van der Waals surface area contributed by atoms with E-state index < -0.39 is 0 Å². The molecule has 7 nitrogen and oxygen atoms in total. The smallest absolute Gasteiger partial charge is 0.272 e. The minimum absolute atomic E-state index is 0.0769. The summed E-state index contributed by atoms with van der Waals surface area (Å²) in [5.74, 6) is 0.617. The first-order valence-corrected chi connectivity index (χ1v) is 9.77. The molecule has 1 amide bonds. The fourth-order valence-electron chi connectivity index (χ4n) is 3.96. The predicted molar refractivity (Wildman–Crippen MR) is 106 cm³/mol. The topological polar surface area (TPSA) is 75.9 Å². The van der Waals surface area contributed by atoms with E-state index in [-0.39, 0.29) is 11.9 Å². The van der Waals surface area contributed by atoms with Gasteiger partial charge >= 0.3 is 0 Å². The summed E-state index contributed by atoms with van der Waals surface area (Å²) in [6.07, 6.45) is 4.79. The molecule has 2 aliphatic rings. The Bertz CT molecular complexity index is 978. The van der Waals surface area contributed by atoms with Crippen LogP contribution in [0.2, 0.25) is 0 Å². The van der Waals surface area contributed by atoms with Gasteiger partial charge in [-0.1, -0.05) is 30.3 Å². The summed E-state index contributed by atoms with van der Waals surface area (Å²) in [7, 11) is 0. The van der Waals surface area contributed by atoms with Crippen molar-refractivity contribution in [2.45, 2.75) is 31.8 Å². The van der Waals surface area contributed by atoms with Crippen molar-refractivity contribution in [1.29, 1.82) is 0 Å². The van der Waals surface area contributed by atoms with Crippen LogP contribution in [0.25, 0.3) is 11.3 Å². The van der Waals surface area contributed by atoms with Gasteiger partial charge in [0.25, 0.3) is 5.91 Å². The SMILES string of the molecule is O=C(NC1CCN(c2nccc(-c3ccccc3)n2)C1)c1cc2n(n1)CCC2. The minimum atomic E-state index is -0.0901. The van der Waals surface area contributed by atoms with Crippen molar-refractivity contribution in [2.75, 3.05) is 18.0 Å². The van der Waals surface area contributed by atoms with Crippen molar-refractivity contribution < 1.29 is 4.79 Å². The molecule has 0 spiro atoms. The number of carbonyl (C=O) groups is 1. The van der Waals surface area contributed by atoms with Crippen LogP contribution in [-0.2, 0) is 13.0 Å². The summed E-state index contributed by atoms with van der Waals surface area (Å²) in [6.45, 7) is 2.44. The average Bonchev–Trinajstić information content (AvgIpc) is 3.45. The molecule has 2 aliphatic heterocycles. The normalized spacial score (nSPS) is 18.3. The number of hydrogen-bond donors (Lipinski definition) is 1. The molecule has 1 N–H and O–H groups in total. The molecule has 1 unspecified atom stereocenters. The molecule has 5 rings (SSSR count). The first kappa shape index (κ1) is 16.9. The first-order valence-electron chi connectivity index (χ1n) is 9.77. The number of fused-ring (bicyclic) bond motifs is 1. The van der Waals surface area contributed by atoms with Crippen molar-refractivity contribution in [3.05, 3.63) is 60.0 Å². The van der Waals surface area contributed by atoms with Crippen LogP contribution in [0.15, 0.2) is 48.7 Å². The van der Waals surface area contributed by atoms with Gasteiger partial charge in [0.15, 0.2) is 0 Å². The van der Waals surface area contributed by atoms with E-state index in [4.69, 9.17) is 4.98 Å². The molecule has 0 radical (unpaired) electrons. The number of carbonyl (C=O) groups excluding carboxylic acids is 1. The molecule has 0 saturated carbocycles. The molecule has 2 aromatic heterocycles. The van der Waals surface area contributed by atoms with Gasteiger partial charge < -0.3 is 10.2 Å². The zero-order valence-electron chi connectivity index (χ0n) is 15.6. The second-order valence-corrected chi connectivity index (χ2v) is 7.36. The van der Waals surface area contributed by atoms with E-state index in [1.807, 2.05) is 47.1 Å². The third kappa shape index (κ3) is 3.24. The maximum atomic E-state index is 12.6. The summed E-state index contributed by atoms with van der Waals surface area (Å²) in [6, 6.07) is 14.0. The van der Waals surface area contributed by atoms with Gasteiger partial charge in [-0.2, -0.15) is 5.10 Å². The quantitative estimate of drug-likeness (QED) is 0.758. The standard InChI is InChI=1S/C21H22N6O/c28-20(19-13-17-7-4-11-27(17)25-19)23-16-9-12-26(14-16)21-22-10-8-18(24-21)15-5-2-1-3-6-15/h1-3,5-6,8,10,13,16H,4,7,9,11-12,14H2,(H,23,28). The van der Waals surface area contributed by atoms with Crippen LogP contribution >= 0.6 is 0 Å². The lowest BCUT2D eigenvalue weighted by Gasteiger charge is -2.17. The zero-order valence-corrected chi connectivity index (χ0v) is 15.6. The summed E-state index contributed by atoms with van der Waals surface area (Å²) >= 11 is 0. The minimum Gasteiger partial charge on any atom is -0.346 e. The monoisotopic (exact) mass is 374 g/mol. The zero-order chi connectivity index (χ0) is 18.9. The number of hydrogen-bond acceptors (Lipinski definition) is 5. The highest BCUT2D eigenvalue weighted by Crippen LogP contribution is 2.21. The summed E-state index contributed by atoms with van der Waals surface area (Å²) in [5, 5.41) is 7.54. The predicted octanol–water partition coefficient (Wildman–Crippen LogP) is 2.29. The number of rotatable bonds is 4. The van der Waals surface area contributed by atoms with Crippen LogP contribution in [0.3, 0.4) is 0 Å². The van der Waals surface area contributed by atoms with E-state index in [1.165, 1.54) is 0 Å². The second kappa shape index (κ2) is 7.07. The van der Waals surface area contributed by atoms with Gasteiger partial charge in [0.1, 0.15) is 5.69 Å². The van der Waals surface area contributed by atoms with Crippen LogP contribution in [0.5, 0.6) is 0 Å². The number of nitrogens with one attached hydrogen (secondary N) is 1.